The standard InChI is InChI=1S/C26H35N3O6/c1-17-7-8-18(2)21(15-17)23(24(32)28-19-9-11-20(34-6)12-10-19)29(13-14-30)22(31)16-27-25(33)35-26(3,4)5/h7-12,15,23,30H,13-14,16H2,1-6H3,(H,27,33)(H,28,32). The minimum atomic E-state index is -1.04. The quantitative estimate of drug-likeness (QED) is 0.502. The van der Waals surface area contributed by atoms with E-state index in [9.17, 15) is 19.5 Å². The third-order valence-electron chi connectivity index (χ3n) is 5.09. The molecule has 0 aliphatic rings. The van der Waals surface area contributed by atoms with E-state index in [1.165, 1.54) is 4.90 Å². The SMILES string of the molecule is COc1ccc(NC(=O)C(c2cc(C)ccc2C)N(CCO)C(=O)CNC(=O)OC(C)(C)C)cc1. The molecule has 3 N–H and O–H groups in total. The molecular weight excluding hydrogens is 450 g/mol. The summed E-state index contributed by atoms with van der Waals surface area (Å²) in [5.41, 5.74) is 2.14. The van der Waals surface area contributed by atoms with Gasteiger partial charge in [0.05, 0.1) is 13.7 Å². The summed E-state index contributed by atoms with van der Waals surface area (Å²) in [5.74, 6) is -0.358. The minimum Gasteiger partial charge on any atom is -0.497 e. The van der Waals surface area contributed by atoms with Gasteiger partial charge in [0.2, 0.25) is 5.91 Å². The fourth-order valence-electron chi connectivity index (χ4n) is 3.46. The van der Waals surface area contributed by atoms with Crippen molar-refractivity contribution in [1.82, 2.24) is 10.2 Å². The number of aryl methyl sites for hydroxylation is 2. The summed E-state index contributed by atoms with van der Waals surface area (Å²) in [7, 11) is 1.55. The van der Waals surface area contributed by atoms with Gasteiger partial charge in [0.15, 0.2) is 0 Å². The molecule has 35 heavy (non-hydrogen) atoms. The van der Waals surface area contributed by atoms with Crippen LogP contribution in [0.4, 0.5) is 10.5 Å². The zero-order valence-corrected chi connectivity index (χ0v) is 21.2. The Hall–Kier alpha value is -3.59. The van der Waals surface area contributed by atoms with E-state index in [-0.39, 0.29) is 13.2 Å². The third kappa shape index (κ3) is 8.29. The van der Waals surface area contributed by atoms with E-state index < -0.39 is 36.1 Å². The Morgan fingerprint density at radius 1 is 1.06 bits per heavy atom. The Balaban J connectivity index is 2.37. The van der Waals surface area contributed by atoms with E-state index in [4.69, 9.17) is 9.47 Å². The highest BCUT2D eigenvalue weighted by atomic mass is 16.6. The number of hydrogen-bond acceptors (Lipinski definition) is 6. The second kappa shape index (κ2) is 12.2. The molecule has 1 atom stereocenters. The van der Waals surface area contributed by atoms with Crippen molar-refractivity contribution in [3.63, 3.8) is 0 Å². The first-order chi connectivity index (χ1) is 16.4. The maximum atomic E-state index is 13.5. The van der Waals surface area contributed by atoms with Crippen LogP contribution in [0.1, 0.15) is 43.5 Å². The smallest absolute Gasteiger partial charge is 0.408 e. The van der Waals surface area contributed by atoms with Gasteiger partial charge in [0, 0.05) is 12.2 Å². The highest BCUT2D eigenvalue weighted by Gasteiger charge is 2.33. The molecule has 9 nitrogen and oxygen atoms in total. The zero-order valence-electron chi connectivity index (χ0n) is 21.2. The lowest BCUT2D eigenvalue weighted by atomic mass is 9.96. The summed E-state index contributed by atoms with van der Waals surface area (Å²) in [6.45, 7) is 8.02. The highest BCUT2D eigenvalue weighted by molar-refractivity contribution is 5.98. The van der Waals surface area contributed by atoms with Crippen molar-refractivity contribution in [3.05, 3.63) is 59.2 Å². The Morgan fingerprint density at radius 2 is 1.71 bits per heavy atom. The molecule has 0 aliphatic carbocycles. The molecular formula is C26H35N3O6. The van der Waals surface area contributed by atoms with E-state index in [1.54, 1.807) is 52.1 Å². The van der Waals surface area contributed by atoms with Crippen molar-refractivity contribution in [3.8, 4) is 5.75 Å². The van der Waals surface area contributed by atoms with E-state index in [0.717, 1.165) is 11.1 Å². The predicted octanol–water partition coefficient (Wildman–Crippen LogP) is 3.34. The number of hydrogen-bond donors (Lipinski definition) is 3. The van der Waals surface area contributed by atoms with Crippen molar-refractivity contribution >= 4 is 23.6 Å². The summed E-state index contributed by atoms with van der Waals surface area (Å²) in [6.07, 6.45) is -0.749. The summed E-state index contributed by atoms with van der Waals surface area (Å²) in [4.78, 5) is 40.1. The first kappa shape index (κ1) is 27.7. The monoisotopic (exact) mass is 485 g/mol. The predicted molar refractivity (Wildman–Crippen MR) is 133 cm³/mol. The minimum absolute atomic E-state index is 0.108. The molecule has 0 heterocycles. The van der Waals surface area contributed by atoms with Crippen molar-refractivity contribution < 1.29 is 29.0 Å². The first-order valence-corrected chi connectivity index (χ1v) is 11.3. The number of anilines is 1. The number of aliphatic hydroxyl groups excluding tert-OH is 1. The van der Waals surface area contributed by atoms with Gasteiger partial charge in [-0.15, -0.1) is 0 Å². The number of ether oxygens (including phenoxy) is 2. The number of carbonyl (C=O) groups excluding carboxylic acids is 3. The maximum Gasteiger partial charge on any atom is 0.408 e. The molecule has 2 rings (SSSR count). The fourth-order valence-corrected chi connectivity index (χ4v) is 3.46. The third-order valence-corrected chi connectivity index (χ3v) is 5.09. The Morgan fingerprint density at radius 3 is 2.29 bits per heavy atom. The molecule has 0 radical (unpaired) electrons. The number of methoxy groups -OCH3 is 1. The zero-order chi connectivity index (χ0) is 26.2. The Bertz CT molecular complexity index is 1030. The van der Waals surface area contributed by atoms with Gasteiger partial charge in [-0.05, 0) is 70.0 Å². The van der Waals surface area contributed by atoms with Crippen LogP contribution in [0.5, 0.6) is 5.75 Å². The second-order valence-electron chi connectivity index (χ2n) is 9.15. The lowest BCUT2D eigenvalue weighted by molar-refractivity contribution is -0.138. The number of nitrogens with zero attached hydrogens (tertiary/aromatic N) is 1. The van der Waals surface area contributed by atoms with Crippen molar-refractivity contribution in [1.29, 1.82) is 0 Å². The topological polar surface area (TPSA) is 117 Å². The number of nitrogens with one attached hydrogen (secondary N) is 2. The molecule has 9 heteroatoms. The molecule has 2 aromatic rings. The molecule has 1 unspecified atom stereocenters. The number of benzene rings is 2. The van der Waals surface area contributed by atoms with E-state index in [1.807, 2.05) is 32.0 Å². The summed E-state index contributed by atoms with van der Waals surface area (Å²) >= 11 is 0. The van der Waals surface area contributed by atoms with Crippen LogP contribution in [0.15, 0.2) is 42.5 Å². The van der Waals surface area contributed by atoms with E-state index >= 15 is 0 Å². The highest BCUT2D eigenvalue weighted by Crippen LogP contribution is 2.27. The molecule has 0 saturated carbocycles. The van der Waals surface area contributed by atoms with E-state index in [2.05, 4.69) is 10.6 Å². The molecule has 0 aromatic heterocycles. The van der Waals surface area contributed by atoms with Gasteiger partial charge in [0.1, 0.15) is 23.9 Å². The number of alkyl carbamates (subject to hydrolysis) is 1. The molecule has 0 spiro atoms. The summed E-state index contributed by atoms with van der Waals surface area (Å²) in [5, 5.41) is 15.0. The second-order valence-corrected chi connectivity index (χ2v) is 9.15. The summed E-state index contributed by atoms with van der Waals surface area (Å²) in [6, 6.07) is 11.4. The van der Waals surface area contributed by atoms with Gasteiger partial charge in [-0.3, -0.25) is 9.59 Å². The van der Waals surface area contributed by atoms with Crippen molar-refractivity contribution in [2.24, 2.45) is 0 Å². The number of aliphatic hydroxyl groups is 1. The Labute approximate surface area is 206 Å². The normalized spacial score (nSPS) is 11.9. The van der Waals surface area contributed by atoms with Gasteiger partial charge in [-0.1, -0.05) is 23.8 Å². The molecule has 190 valence electrons. The van der Waals surface area contributed by atoms with Gasteiger partial charge < -0.3 is 30.1 Å². The molecule has 3 amide bonds. The van der Waals surface area contributed by atoms with Gasteiger partial charge >= 0.3 is 6.09 Å². The first-order valence-electron chi connectivity index (χ1n) is 11.3. The van der Waals surface area contributed by atoms with E-state index in [0.29, 0.717) is 17.0 Å². The lowest BCUT2D eigenvalue weighted by Crippen LogP contribution is -2.47. The van der Waals surface area contributed by atoms with Crippen LogP contribution in [0.2, 0.25) is 0 Å². The molecule has 2 aromatic carbocycles. The van der Waals surface area contributed by atoms with Crippen LogP contribution in [-0.4, -0.2) is 60.3 Å². The Kier molecular flexibility index (Phi) is 9.65. The number of amides is 3. The van der Waals surface area contributed by atoms with Gasteiger partial charge in [-0.2, -0.15) is 0 Å². The molecule has 0 fully saturated rings. The number of rotatable bonds is 9. The van der Waals surface area contributed by atoms with Crippen molar-refractivity contribution in [2.45, 2.75) is 46.3 Å². The summed E-state index contributed by atoms with van der Waals surface area (Å²) < 4.78 is 10.4. The van der Waals surface area contributed by atoms with Crippen LogP contribution in [0.25, 0.3) is 0 Å². The molecule has 0 saturated heterocycles. The van der Waals surface area contributed by atoms with Crippen LogP contribution in [-0.2, 0) is 14.3 Å². The largest absolute Gasteiger partial charge is 0.497 e. The van der Waals surface area contributed by atoms with Crippen LogP contribution < -0.4 is 15.4 Å². The lowest BCUT2D eigenvalue weighted by Gasteiger charge is -2.32. The average molecular weight is 486 g/mol. The number of carbonyl (C=O) groups is 3. The van der Waals surface area contributed by atoms with Crippen LogP contribution in [0, 0.1) is 13.8 Å². The molecule has 0 aliphatic heterocycles. The van der Waals surface area contributed by atoms with Crippen molar-refractivity contribution in [2.75, 3.05) is 32.1 Å². The fraction of sp³-hybridized carbons (Fsp3) is 0.423. The van der Waals surface area contributed by atoms with Crippen LogP contribution in [0.3, 0.4) is 0 Å². The maximum absolute atomic E-state index is 13.5. The molecule has 0 bridgehead atoms. The average Bonchev–Trinajstić information content (AvgIpc) is 2.78. The van der Waals surface area contributed by atoms with Gasteiger partial charge in [-0.25, -0.2) is 4.79 Å². The van der Waals surface area contributed by atoms with Gasteiger partial charge in [0.25, 0.3) is 5.91 Å². The van der Waals surface area contributed by atoms with Crippen LogP contribution >= 0.6 is 0 Å².